The summed E-state index contributed by atoms with van der Waals surface area (Å²) in [5, 5.41) is 6.84. The van der Waals surface area contributed by atoms with Crippen LogP contribution in [0.2, 0.25) is 5.02 Å². The Labute approximate surface area is 258 Å². The molecule has 3 aliphatic heterocycles. The number of nitrogens with one attached hydrogen (secondary N) is 2. The molecular formula is C34H41ClN4O4. The van der Waals surface area contributed by atoms with Gasteiger partial charge < -0.3 is 25.2 Å². The van der Waals surface area contributed by atoms with Crippen molar-refractivity contribution in [2.75, 3.05) is 25.5 Å². The second kappa shape index (κ2) is 12.1. The first-order valence-electron chi connectivity index (χ1n) is 15.4. The Morgan fingerprint density at radius 1 is 1.07 bits per heavy atom. The van der Waals surface area contributed by atoms with E-state index in [4.69, 9.17) is 16.3 Å². The van der Waals surface area contributed by atoms with Crippen molar-refractivity contribution < 1.29 is 19.1 Å². The number of nitrogens with zero attached hydrogens (tertiary/aromatic N) is 2. The maximum absolute atomic E-state index is 14.3. The largest absolute Gasteiger partial charge is 0.359 e. The van der Waals surface area contributed by atoms with Crippen molar-refractivity contribution in [2.24, 2.45) is 23.7 Å². The Bertz CT molecular complexity index is 1380. The molecule has 43 heavy (non-hydrogen) atoms. The lowest BCUT2D eigenvalue weighted by molar-refractivity contribution is -0.141. The molecule has 3 heterocycles. The number of benzene rings is 2. The zero-order valence-electron chi connectivity index (χ0n) is 25.0. The lowest BCUT2D eigenvalue weighted by Gasteiger charge is -2.38. The van der Waals surface area contributed by atoms with E-state index in [-0.39, 0.29) is 23.8 Å². The second-order valence-corrected chi connectivity index (χ2v) is 13.3. The van der Waals surface area contributed by atoms with Gasteiger partial charge in [-0.25, -0.2) is 0 Å². The second-order valence-electron chi connectivity index (χ2n) is 12.8. The van der Waals surface area contributed by atoms with Crippen molar-refractivity contribution in [3.8, 4) is 0 Å². The van der Waals surface area contributed by atoms with Crippen LogP contribution < -0.4 is 10.6 Å². The molecule has 2 aromatic rings. The predicted octanol–water partition coefficient (Wildman–Crippen LogP) is 4.50. The SMILES string of the molecule is CC1CCCC(NC(=O)C2N(CCN(C)Cc3ccccc3)C(=O)[C@@H]3C(C(=O)Nc4ccc(Cl)cc4)[C@@H]4C=CC23O4)C1C. The summed E-state index contributed by atoms with van der Waals surface area (Å²) in [4.78, 5) is 46.0. The molecule has 3 amide bonds. The topological polar surface area (TPSA) is 91.0 Å². The smallest absolute Gasteiger partial charge is 0.246 e. The summed E-state index contributed by atoms with van der Waals surface area (Å²) in [7, 11) is 2.01. The van der Waals surface area contributed by atoms with Gasteiger partial charge in [0, 0.05) is 36.4 Å². The molecule has 8 nitrogen and oxygen atoms in total. The highest BCUT2D eigenvalue weighted by Gasteiger charge is 2.72. The van der Waals surface area contributed by atoms with Crippen LogP contribution in [0.3, 0.4) is 0 Å². The summed E-state index contributed by atoms with van der Waals surface area (Å²) < 4.78 is 6.52. The summed E-state index contributed by atoms with van der Waals surface area (Å²) >= 11 is 6.03. The minimum Gasteiger partial charge on any atom is -0.359 e. The average Bonchev–Trinajstić information content (AvgIpc) is 3.63. The fraction of sp³-hybridized carbons (Fsp3) is 0.500. The fourth-order valence-electron chi connectivity index (χ4n) is 7.57. The van der Waals surface area contributed by atoms with Crippen molar-refractivity contribution in [2.45, 2.75) is 63.4 Å². The maximum Gasteiger partial charge on any atom is 0.246 e. The van der Waals surface area contributed by atoms with Crippen LogP contribution in [0.1, 0.15) is 38.7 Å². The van der Waals surface area contributed by atoms with Gasteiger partial charge in [-0.1, -0.05) is 80.8 Å². The molecule has 1 spiro atoms. The van der Waals surface area contributed by atoms with E-state index >= 15 is 0 Å². The van der Waals surface area contributed by atoms with Gasteiger partial charge in [-0.2, -0.15) is 0 Å². The van der Waals surface area contributed by atoms with Crippen LogP contribution in [-0.2, 0) is 25.7 Å². The molecule has 2 bridgehead atoms. The van der Waals surface area contributed by atoms with Crippen LogP contribution in [0.5, 0.6) is 0 Å². The molecule has 2 saturated heterocycles. The molecule has 228 valence electrons. The summed E-state index contributed by atoms with van der Waals surface area (Å²) in [6.07, 6.45) is 6.28. The number of hydrogen-bond donors (Lipinski definition) is 2. The Kier molecular flexibility index (Phi) is 8.37. The third-order valence-electron chi connectivity index (χ3n) is 10.1. The van der Waals surface area contributed by atoms with Crippen LogP contribution >= 0.6 is 11.6 Å². The zero-order chi connectivity index (χ0) is 30.3. The minimum atomic E-state index is -1.19. The van der Waals surface area contributed by atoms with Crippen molar-refractivity contribution >= 4 is 35.0 Å². The van der Waals surface area contributed by atoms with Crippen LogP contribution in [0, 0.1) is 23.7 Å². The number of ether oxygens (including phenoxy) is 1. The van der Waals surface area contributed by atoms with Crippen molar-refractivity contribution in [1.29, 1.82) is 0 Å². The van der Waals surface area contributed by atoms with Crippen molar-refractivity contribution in [3.05, 3.63) is 77.3 Å². The summed E-state index contributed by atoms with van der Waals surface area (Å²) in [6, 6.07) is 16.2. The molecule has 1 saturated carbocycles. The van der Waals surface area contributed by atoms with E-state index < -0.39 is 29.6 Å². The van der Waals surface area contributed by atoms with Crippen LogP contribution in [0.15, 0.2) is 66.7 Å². The number of hydrogen-bond acceptors (Lipinski definition) is 5. The monoisotopic (exact) mass is 604 g/mol. The Balaban J connectivity index is 1.26. The molecule has 1 aliphatic carbocycles. The van der Waals surface area contributed by atoms with Gasteiger partial charge in [0.25, 0.3) is 0 Å². The van der Waals surface area contributed by atoms with E-state index in [0.717, 1.165) is 25.8 Å². The first-order valence-corrected chi connectivity index (χ1v) is 15.8. The normalized spacial score (nSPS) is 32.7. The number of amides is 3. The predicted molar refractivity (Wildman–Crippen MR) is 166 cm³/mol. The van der Waals surface area contributed by atoms with E-state index in [9.17, 15) is 14.4 Å². The highest BCUT2D eigenvalue weighted by atomic mass is 35.5. The number of fused-ring (bicyclic) bond motifs is 1. The average molecular weight is 605 g/mol. The molecule has 2 N–H and O–H groups in total. The molecule has 4 aliphatic rings. The van der Waals surface area contributed by atoms with Gasteiger partial charge in [0.05, 0.1) is 17.9 Å². The molecule has 3 fully saturated rings. The van der Waals surface area contributed by atoms with Gasteiger partial charge in [-0.3, -0.25) is 14.4 Å². The van der Waals surface area contributed by atoms with Crippen LogP contribution in [0.4, 0.5) is 5.69 Å². The minimum absolute atomic E-state index is 0.0380. The highest BCUT2D eigenvalue weighted by molar-refractivity contribution is 6.30. The van der Waals surface area contributed by atoms with Gasteiger partial charge in [0.2, 0.25) is 17.7 Å². The molecule has 9 heteroatoms. The lowest BCUT2D eigenvalue weighted by Crippen LogP contribution is -2.58. The van der Waals surface area contributed by atoms with E-state index in [2.05, 4.69) is 41.5 Å². The Morgan fingerprint density at radius 2 is 1.81 bits per heavy atom. The van der Waals surface area contributed by atoms with Crippen molar-refractivity contribution in [3.63, 3.8) is 0 Å². The summed E-state index contributed by atoms with van der Waals surface area (Å²) in [5.41, 5.74) is 0.580. The van der Waals surface area contributed by atoms with Gasteiger partial charge in [-0.05, 0) is 55.1 Å². The quantitative estimate of drug-likeness (QED) is 0.411. The zero-order valence-corrected chi connectivity index (χ0v) is 25.8. The Hall–Kier alpha value is -3.20. The first-order chi connectivity index (χ1) is 20.7. The van der Waals surface area contributed by atoms with Crippen LogP contribution in [-0.4, -0.2) is 71.4 Å². The van der Waals surface area contributed by atoms with E-state index in [0.29, 0.717) is 35.6 Å². The number of carbonyl (C=O) groups excluding carboxylic acids is 3. The summed E-state index contributed by atoms with van der Waals surface area (Å²) in [5.74, 6) is -1.39. The number of rotatable bonds is 9. The lowest BCUT2D eigenvalue weighted by atomic mass is 9.73. The number of carbonyl (C=O) groups is 3. The third-order valence-corrected chi connectivity index (χ3v) is 10.3. The first kappa shape index (κ1) is 29.9. The molecule has 0 radical (unpaired) electrons. The molecule has 0 aromatic heterocycles. The standard InChI is InChI=1S/C34H41ClN4O4/c1-21-8-7-11-26(22(21)2)37-32(41)30-34-17-16-27(43-34)28(31(40)36-25-14-12-24(35)13-15-25)29(34)33(42)39(30)19-18-38(3)20-23-9-5-4-6-10-23/h4-6,9-10,12-17,21-22,26-30H,7-8,11,18-20H2,1-3H3,(H,36,40)(H,37,41)/t21?,22?,26?,27-,28?,29-,30?,34?/m0/s1. The Morgan fingerprint density at radius 3 is 2.56 bits per heavy atom. The molecule has 2 aromatic carbocycles. The van der Waals surface area contributed by atoms with E-state index in [1.807, 2.05) is 37.4 Å². The fourth-order valence-corrected chi connectivity index (χ4v) is 7.69. The van der Waals surface area contributed by atoms with Gasteiger partial charge in [0.1, 0.15) is 11.6 Å². The number of likely N-dealkylation sites (tertiary alicyclic amines) is 1. The molecule has 8 atom stereocenters. The number of likely N-dealkylation sites (N-methyl/N-ethyl adjacent to an activating group) is 1. The highest BCUT2D eigenvalue weighted by Crippen LogP contribution is 2.55. The van der Waals surface area contributed by atoms with Gasteiger partial charge >= 0.3 is 0 Å². The van der Waals surface area contributed by atoms with Crippen LogP contribution in [0.25, 0.3) is 0 Å². The number of anilines is 1. The molecular weight excluding hydrogens is 564 g/mol. The van der Waals surface area contributed by atoms with Gasteiger partial charge in [0.15, 0.2) is 0 Å². The maximum atomic E-state index is 14.3. The van der Waals surface area contributed by atoms with E-state index in [1.54, 1.807) is 29.2 Å². The summed E-state index contributed by atoms with van der Waals surface area (Å²) in [6.45, 7) is 6.07. The number of halogens is 1. The molecule has 6 unspecified atom stereocenters. The van der Waals surface area contributed by atoms with Gasteiger partial charge in [-0.15, -0.1) is 0 Å². The van der Waals surface area contributed by atoms with E-state index in [1.165, 1.54) is 5.56 Å². The third kappa shape index (κ3) is 5.61. The van der Waals surface area contributed by atoms with Crippen molar-refractivity contribution in [1.82, 2.24) is 15.1 Å². The molecule has 6 rings (SSSR count).